The van der Waals surface area contributed by atoms with E-state index in [0.29, 0.717) is 0 Å². The summed E-state index contributed by atoms with van der Waals surface area (Å²) in [6.07, 6.45) is 0. The van der Waals surface area contributed by atoms with Crippen molar-refractivity contribution in [1.82, 2.24) is 0 Å². The lowest BCUT2D eigenvalue weighted by Crippen LogP contribution is -2.15. The first kappa shape index (κ1) is 26.7. The molecule has 0 atom stereocenters. The summed E-state index contributed by atoms with van der Waals surface area (Å²) < 4.78 is 0. The lowest BCUT2D eigenvalue weighted by atomic mass is 9.82. The van der Waals surface area contributed by atoms with Crippen LogP contribution in [0.3, 0.4) is 0 Å². The van der Waals surface area contributed by atoms with E-state index in [0.717, 1.165) is 17.1 Å². The van der Waals surface area contributed by atoms with Crippen LogP contribution in [0.4, 0.5) is 17.1 Å². The molecule has 0 unspecified atom stereocenters. The van der Waals surface area contributed by atoms with Gasteiger partial charge >= 0.3 is 0 Å². The summed E-state index contributed by atoms with van der Waals surface area (Å²) in [5, 5.41) is 7.63. The predicted octanol–water partition coefficient (Wildman–Crippen LogP) is 12.6. The van der Waals surface area contributed by atoms with E-state index >= 15 is 0 Å². The Hall–Kier alpha value is -5.66. The highest BCUT2D eigenvalue weighted by Gasteiger charge is 2.35. The lowest BCUT2D eigenvalue weighted by Gasteiger charge is -2.29. The van der Waals surface area contributed by atoms with Gasteiger partial charge in [-0.3, -0.25) is 0 Å². The van der Waals surface area contributed by atoms with Gasteiger partial charge in [0.2, 0.25) is 0 Å². The van der Waals surface area contributed by atoms with Gasteiger partial charge < -0.3 is 4.90 Å². The molecule has 0 bridgehead atoms. The molecule has 0 radical (unpaired) electrons. The highest BCUT2D eigenvalue weighted by molar-refractivity contribution is 6.18. The first-order valence-electron chi connectivity index (χ1n) is 16.1. The first-order chi connectivity index (χ1) is 22.6. The largest absolute Gasteiger partial charge is 0.310 e. The normalized spacial score (nSPS) is 13.2. The van der Waals surface area contributed by atoms with Crippen molar-refractivity contribution in [2.24, 2.45) is 0 Å². The van der Waals surface area contributed by atoms with Crippen molar-refractivity contribution in [3.05, 3.63) is 175 Å². The van der Waals surface area contributed by atoms with Crippen molar-refractivity contribution in [2.45, 2.75) is 19.3 Å². The Labute approximate surface area is 270 Å². The highest BCUT2D eigenvalue weighted by Crippen LogP contribution is 2.51. The zero-order chi connectivity index (χ0) is 30.8. The molecular weight excluding hydrogens is 555 g/mol. The fraction of sp³-hybridized carbons (Fsp3) is 0.0667. The third-order valence-electron chi connectivity index (χ3n) is 10.0. The summed E-state index contributed by atoms with van der Waals surface area (Å²) in [6, 6.07) is 60.2. The van der Waals surface area contributed by atoms with Crippen LogP contribution in [-0.2, 0) is 5.41 Å². The number of fused-ring (bicyclic) bond motifs is 8. The summed E-state index contributed by atoms with van der Waals surface area (Å²) >= 11 is 0. The molecule has 46 heavy (non-hydrogen) atoms. The summed E-state index contributed by atoms with van der Waals surface area (Å²) in [5.41, 5.74) is 11.2. The second-order valence-electron chi connectivity index (χ2n) is 13.0. The smallest absolute Gasteiger partial charge is 0.0540 e. The van der Waals surface area contributed by atoms with Gasteiger partial charge in [0.05, 0.1) is 5.69 Å². The molecule has 0 saturated heterocycles. The lowest BCUT2D eigenvalue weighted by molar-refractivity contribution is 0.660. The second kappa shape index (κ2) is 10.2. The number of nitrogens with zero attached hydrogens (tertiary/aromatic N) is 1. The third-order valence-corrected chi connectivity index (χ3v) is 10.0. The zero-order valence-corrected chi connectivity index (χ0v) is 26.0. The van der Waals surface area contributed by atoms with E-state index in [1.807, 2.05) is 0 Å². The third kappa shape index (κ3) is 4.02. The molecular formula is C45H33N. The van der Waals surface area contributed by atoms with Crippen molar-refractivity contribution < 1.29 is 0 Å². The van der Waals surface area contributed by atoms with Gasteiger partial charge in [-0.05, 0) is 90.5 Å². The van der Waals surface area contributed by atoms with Crippen LogP contribution in [0, 0.1) is 0 Å². The van der Waals surface area contributed by atoms with Crippen molar-refractivity contribution in [3.63, 3.8) is 0 Å². The molecule has 0 heterocycles. The number of hydrogen-bond acceptors (Lipinski definition) is 1. The van der Waals surface area contributed by atoms with Gasteiger partial charge in [0, 0.05) is 22.4 Å². The van der Waals surface area contributed by atoms with Crippen LogP contribution in [0.25, 0.3) is 54.6 Å². The minimum Gasteiger partial charge on any atom is -0.310 e. The minimum absolute atomic E-state index is 0.0398. The molecule has 0 aromatic heterocycles. The molecule has 0 saturated carbocycles. The maximum Gasteiger partial charge on any atom is 0.0540 e. The molecule has 0 fully saturated rings. The molecule has 218 valence electrons. The van der Waals surface area contributed by atoms with Crippen LogP contribution < -0.4 is 4.90 Å². The van der Waals surface area contributed by atoms with Crippen LogP contribution >= 0.6 is 0 Å². The van der Waals surface area contributed by atoms with Gasteiger partial charge in [-0.15, -0.1) is 0 Å². The first-order valence-corrected chi connectivity index (χ1v) is 16.1. The van der Waals surface area contributed by atoms with E-state index in [9.17, 15) is 0 Å². The SMILES string of the molecule is CC1(C)c2ccccc2-c2cc(N(c3ccc4ccc5c6ccccc6ccc5c4c3)c3ccccc3-c3ccccc3)ccc21. The maximum atomic E-state index is 2.45. The Bertz CT molecular complexity index is 2450. The van der Waals surface area contributed by atoms with Crippen LogP contribution in [0.1, 0.15) is 25.0 Å². The Morgan fingerprint density at radius 3 is 1.83 bits per heavy atom. The van der Waals surface area contributed by atoms with Gasteiger partial charge in [-0.2, -0.15) is 0 Å². The quantitative estimate of drug-likeness (QED) is 0.185. The average Bonchev–Trinajstić information content (AvgIpc) is 3.34. The molecule has 1 nitrogen and oxygen atoms in total. The molecule has 1 heteroatoms. The van der Waals surface area contributed by atoms with E-state index < -0.39 is 0 Å². The monoisotopic (exact) mass is 587 g/mol. The van der Waals surface area contributed by atoms with E-state index in [1.165, 1.54) is 65.7 Å². The molecule has 0 amide bonds. The van der Waals surface area contributed by atoms with E-state index in [-0.39, 0.29) is 5.41 Å². The molecule has 0 spiro atoms. The molecule has 8 aromatic rings. The van der Waals surface area contributed by atoms with Crippen molar-refractivity contribution in [2.75, 3.05) is 4.90 Å². The topological polar surface area (TPSA) is 3.24 Å². The van der Waals surface area contributed by atoms with Crippen molar-refractivity contribution in [3.8, 4) is 22.3 Å². The number of hydrogen-bond donors (Lipinski definition) is 0. The van der Waals surface area contributed by atoms with Gasteiger partial charge in [0.15, 0.2) is 0 Å². The number of rotatable bonds is 4. The fourth-order valence-corrected chi connectivity index (χ4v) is 7.75. The van der Waals surface area contributed by atoms with Gasteiger partial charge in [0.25, 0.3) is 0 Å². The Kier molecular flexibility index (Phi) is 5.92. The molecule has 9 rings (SSSR count). The molecule has 8 aromatic carbocycles. The number of benzene rings is 8. The maximum absolute atomic E-state index is 2.45. The standard InChI is InChI=1S/C45H33N/c1-45(2)42-18-10-8-17-39(42)41-29-34(24-27-43(41)45)46(44-19-11-9-16-36(44)30-12-4-3-5-13-30)33-23-20-32-22-25-37-35-15-7-6-14-31(35)21-26-38(37)40(32)28-33/h3-29H,1-2H3. The van der Waals surface area contributed by atoms with Crippen LogP contribution in [0.15, 0.2) is 164 Å². The summed E-state index contributed by atoms with van der Waals surface area (Å²) in [6.45, 7) is 4.69. The van der Waals surface area contributed by atoms with E-state index in [4.69, 9.17) is 0 Å². The van der Waals surface area contributed by atoms with E-state index in [2.05, 4.69) is 183 Å². The molecule has 0 aliphatic heterocycles. The van der Waals surface area contributed by atoms with Crippen LogP contribution in [0.2, 0.25) is 0 Å². The molecule has 1 aliphatic carbocycles. The Balaban J connectivity index is 1.32. The van der Waals surface area contributed by atoms with Crippen LogP contribution in [0.5, 0.6) is 0 Å². The van der Waals surface area contributed by atoms with Gasteiger partial charge in [-0.1, -0.05) is 147 Å². The van der Waals surface area contributed by atoms with E-state index in [1.54, 1.807) is 0 Å². The van der Waals surface area contributed by atoms with Gasteiger partial charge in [0.1, 0.15) is 0 Å². The average molecular weight is 588 g/mol. The fourth-order valence-electron chi connectivity index (χ4n) is 7.75. The predicted molar refractivity (Wildman–Crippen MR) is 197 cm³/mol. The van der Waals surface area contributed by atoms with Gasteiger partial charge in [-0.25, -0.2) is 0 Å². The Morgan fingerprint density at radius 2 is 0.978 bits per heavy atom. The second-order valence-corrected chi connectivity index (χ2v) is 13.0. The summed E-state index contributed by atoms with van der Waals surface area (Å²) in [4.78, 5) is 2.45. The summed E-state index contributed by atoms with van der Waals surface area (Å²) in [5.74, 6) is 0. The molecule has 1 aliphatic rings. The highest BCUT2D eigenvalue weighted by atomic mass is 15.1. The zero-order valence-electron chi connectivity index (χ0n) is 26.0. The summed E-state index contributed by atoms with van der Waals surface area (Å²) in [7, 11) is 0. The Morgan fingerprint density at radius 1 is 0.391 bits per heavy atom. The van der Waals surface area contributed by atoms with Crippen LogP contribution in [-0.4, -0.2) is 0 Å². The number of para-hydroxylation sites is 1. The van der Waals surface area contributed by atoms with Crippen molar-refractivity contribution in [1.29, 1.82) is 0 Å². The van der Waals surface area contributed by atoms with Crippen molar-refractivity contribution >= 4 is 49.4 Å². The molecule has 0 N–H and O–H groups in total. The minimum atomic E-state index is -0.0398. The number of anilines is 3.